The monoisotopic (exact) mass is 343 g/mol. The SMILES string of the molecule is CCCCCC1CCC(CCC2CCC(CC/C=C/C#N)CC2)CC1. The summed E-state index contributed by atoms with van der Waals surface area (Å²) in [5.74, 6) is 4.07. The molecule has 0 aliphatic heterocycles. The van der Waals surface area contributed by atoms with Gasteiger partial charge in [-0.15, -0.1) is 0 Å². The van der Waals surface area contributed by atoms with Gasteiger partial charge in [0.25, 0.3) is 0 Å². The Balaban J connectivity index is 1.51. The zero-order chi connectivity index (χ0) is 17.7. The van der Waals surface area contributed by atoms with E-state index in [0.717, 1.165) is 30.1 Å². The van der Waals surface area contributed by atoms with E-state index >= 15 is 0 Å². The first-order valence-corrected chi connectivity index (χ1v) is 11.4. The highest BCUT2D eigenvalue weighted by atomic mass is 14.3. The average Bonchev–Trinajstić information content (AvgIpc) is 2.66. The van der Waals surface area contributed by atoms with Crippen molar-refractivity contribution in [3.05, 3.63) is 12.2 Å². The summed E-state index contributed by atoms with van der Waals surface area (Å²) in [5, 5.41) is 8.53. The molecule has 0 heterocycles. The van der Waals surface area contributed by atoms with Crippen LogP contribution in [0.2, 0.25) is 0 Å². The smallest absolute Gasteiger partial charge is 0.0908 e. The summed E-state index contributed by atoms with van der Waals surface area (Å²) >= 11 is 0. The van der Waals surface area contributed by atoms with Crippen LogP contribution in [0.1, 0.15) is 110 Å². The third-order valence-electron chi connectivity index (χ3n) is 7.07. The Morgan fingerprint density at radius 2 is 1.20 bits per heavy atom. The van der Waals surface area contributed by atoms with Crippen LogP contribution < -0.4 is 0 Å². The van der Waals surface area contributed by atoms with Crippen LogP contribution >= 0.6 is 0 Å². The molecular weight excluding hydrogens is 302 g/mol. The molecule has 2 saturated carbocycles. The van der Waals surface area contributed by atoms with Crippen LogP contribution in [0.3, 0.4) is 0 Å². The van der Waals surface area contributed by atoms with Crippen LogP contribution in [0.4, 0.5) is 0 Å². The van der Waals surface area contributed by atoms with Crippen LogP contribution in [-0.4, -0.2) is 0 Å². The van der Waals surface area contributed by atoms with Gasteiger partial charge in [0.1, 0.15) is 0 Å². The quantitative estimate of drug-likeness (QED) is 0.293. The highest BCUT2D eigenvalue weighted by Crippen LogP contribution is 2.38. The summed E-state index contributed by atoms with van der Waals surface area (Å²) in [6, 6.07) is 2.09. The van der Waals surface area contributed by atoms with Crippen molar-refractivity contribution in [2.75, 3.05) is 0 Å². The minimum absolute atomic E-state index is 0.929. The van der Waals surface area contributed by atoms with Crippen LogP contribution in [0.25, 0.3) is 0 Å². The van der Waals surface area contributed by atoms with E-state index in [2.05, 4.69) is 13.0 Å². The lowest BCUT2D eigenvalue weighted by Gasteiger charge is -2.32. The van der Waals surface area contributed by atoms with Gasteiger partial charge in [0.05, 0.1) is 6.07 Å². The van der Waals surface area contributed by atoms with Gasteiger partial charge in [-0.2, -0.15) is 5.26 Å². The van der Waals surface area contributed by atoms with Crippen molar-refractivity contribution in [2.24, 2.45) is 23.7 Å². The van der Waals surface area contributed by atoms with Crippen molar-refractivity contribution < 1.29 is 0 Å². The lowest BCUT2D eigenvalue weighted by Crippen LogP contribution is -2.18. The Hall–Kier alpha value is -0.770. The van der Waals surface area contributed by atoms with E-state index in [1.807, 2.05) is 6.08 Å². The standard InChI is InChI=1S/C24H41N/c1-2-3-5-8-21-10-14-23(15-11-21)18-19-24-16-12-22(13-17-24)9-6-4-7-20-25/h4,7,21-24H,2-3,5-6,8-19H2,1H3/b7-4+. The van der Waals surface area contributed by atoms with E-state index in [1.54, 1.807) is 6.08 Å². The summed E-state index contributed by atoms with van der Waals surface area (Å²) in [6.45, 7) is 2.32. The van der Waals surface area contributed by atoms with E-state index in [0.29, 0.717) is 0 Å². The fraction of sp³-hybridized carbons (Fsp3) is 0.875. The minimum atomic E-state index is 0.929. The summed E-state index contributed by atoms with van der Waals surface area (Å²) in [5.41, 5.74) is 0. The predicted octanol–water partition coefficient (Wildman–Crippen LogP) is 7.82. The molecule has 0 radical (unpaired) electrons. The molecule has 142 valence electrons. The second-order valence-corrected chi connectivity index (χ2v) is 8.96. The molecule has 0 N–H and O–H groups in total. The van der Waals surface area contributed by atoms with Crippen LogP contribution in [-0.2, 0) is 0 Å². The molecule has 0 saturated heterocycles. The van der Waals surface area contributed by atoms with Gasteiger partial charge in [0.2, 0.25) is 0 Å². The number of nitriles is 1. The van der Waals surface area contributed by atoms with Crippen molar-refractivity contribution in [3.8, 4) is 6.07 Å². The number of unbranched alkanes of at least 4 members (excludes halogenated alkanes) is 2. The maximum Gasteiger partial charge on any atom is 0.0908 e. The largest absolute Gasteiger partial charge is 0.193 e. The summed E-state index contributed by atoms with van der Waals surface area (Å²) < 4.78 is 0. The minimum Gasteiger partial charge on any atom is -0.193 e. The highest BCUT2D eigenvalue weighted by molar-refractivity contribution is 5.01. The molecule has 2 fully saturated rings. The van der Waals surface area contributed by atoms with Crippen molar-refractivity contribution in [1.82, 2.24) is 0 Å². The van der Waals surface area contributed by atoms with Gasteiger partial charge in [-0.05, 0) is 36.5 Å². The molecule has 0 aromatic carbocycles. The molecule has 0 amide bonds. The number of rotatable bonds is 10. The molecule has 25 heavy (non-hydrogen) atoms. The first kappa shape index (κ1) is 20.5. The van der Waals surface area contributed by atoms with Crippen molar-refractivity contribution >= 4 is 0 Å². The third kappa shape index (κ3) is 8.44. The molecule has 1 nitrogen and oxygen atoms in total. The fourth-order valence-corrected chi connectivity index (χ4v) is 5.24. The number of hydrogen-bond acceptors (Lipinski definition) is 1. The Bertz CT molecular complexity index is 389. The summed E-state index contributed by atoms with van der Waals surface area (Å²) in [6.07, 6.45) is 26.8. The topological polar surface area (TPSA) is 23.8 Å². The molecular formula is C24H41N. The zero-order valence-corrected chi connectivity index (χ0v) is 16.7. The van der Waals surface area contributed by atoms with E-state index in [4.69, 9.17) is 5.26 Å². The lowest BCUT2D eigenvalue weighted by atomic mass is 9.74. The van der Waals surface area contributed by atoms with E-state index in [1.165, 1.54) is 96.3 Å². The maximum atomic E-state index is 8.53. The van der Waals surface area contributed by atoms with E-state index in [-0.39, 0.29) is 0 Å². The normalized spacial score (nSPS) is 30.4. The van der Waals surface area contributed by atoms with Gasteiger partial charge in [-0.25, -0.2) is 0 Å². The van der Waals surface area contributed by atoms with Crippen LogP contribution in [0, 0.1) is 35.0 Å². The van der Waals surface area contributed by atoms with Gasteiger partial charge in [-0.3, -0.25) is 0 Å². The molecule has 0 spiro atoms. The summed E-state index contributed by atoms with van der Waals surface area (Å²) in [4.78, 5) is 0. The van der Waals surface area contributed by atoms with Crippen molar-refractivity contribution in [1.29, 1.82) is 5.26 Å². The second kappa shape index (κ2) is 12.6. The Morgan fingerprint density at radius 3 is 1.68 bits per heavy atom. The molecule has 0 unspecified atom stereocenters. The van der Waals surface area contributed by atoms with Gasteiger partial charge in [0.15, 0.2) is 0 Å². The zero-order valence-electron chi connectivity index (χ0n) is 16.7. The van der Waals surface area contributed by atoms with Crippen molar-refractivity contribution in [2.45, 2.75) is 110 Å². The Labute approximate surface area is 157 Å². The summed E-state index contributed by atoms with van der Waals surface area (Å²) in [7, 11) is 0. The Kier molecular flexibility index (Phi) is 10.3. The predicted molar refractivity (Wildman–Crippen MR) is 108 cm³/mol. The van der Waals surface area contributed by atoms with Crippen LogP contribution in [0.15, 0.2) is 12.2 Å². The fourth-order valence-electron chi connectivity index (χ4n) is 5.24. The Morgan fingerprint density at radius 1 is 0.720 bits per heavy atom. The van der Waals surface area contributed by atoms with Gasteiger partial charge in [0, 0.05) is 6.08 Å². The lowest BCUT2D eigenvalue weighted by molar-refractivity contribution is 0.209. The van der Waals surface area contributed by atoms with Crippen LogP contribution in [0.5, 0.6) is 0 Å². The molecule has 0 atom stereocenters. The first-order valence-electron chi connectivity index (χ1n) is 11.4. The van der Waals surface area contributed by atoms with Gasteiger partial charge < -0.3 is 0 Å². The molecule has 0 aromatic rings. The van der Waals surface area contributed by atoms with E-state index in [9.17, 15) is 0 Å². The van der Waals surface area contributed by atoms with Crippen molar-refractivity contribution in [3.63, 3.8) is 0 Å². The second-order valence-electron chi connectivity index (χ2n) is 8.96. The molecule has 1 heteroatoms. The van der Waals surface area contributed by atoms with E-state index < -0.39 is 0 Å². The molecule has 2 aliphatic carbocycles. The highest BCUT2D eigenvalue weighted by Gasteiger charge is 2.24. The molecule has 0 aromatic heterocycles. The third-order valence-corrected chi connectivity index (χ3v) is 7.07. The molecule has 0 bridgehead atoms. The maximum absolute atomic E-state index is 8.53. The number of allylic oxidation sites excluding steroid dienone is 2. The number of hydrogen-bond donors (Lipinski definition) is 0. The van der Waals surface area contributed by atoms with Gasteiger partial charge >= 0.3 is 0 Å². The molecule has 2 aliphatic rings. The molecule has 2 rings (SSSR count). The first-order chi connectivity index (χ1) is 12.3. The number of nitrogens with zero attached hydrogens (tertiary/aromatic N) is 1. The average molecular weight is 344 g/mol. The van der Waals surface area contributed by atoms with Gasteiger partial charge in [-0.1, -0.05) is 103 Å².